The lowest BCUT2D eigenvalue weighted by molar-refractivity contribution is 0.120. The van der Waals surface area contributed by atoms with Gasteiger partial charge in [0, 0.05) is 46.4 Å². The summed E-state index contributed by atoms with van der Waals surface area (Å²) in [7, 11) is 1.72. The van der Waals surface area contributed by atoms with Gasteiger partial charge >= 0.3 is 0 Å². The molecular weight excluding hydrogens is 168 g/mol. The highest BCUT2D eigenvalue weighted by atomic mass is 16.5. The Morgan fingerprint density at radius 2 is 2.46 bits per heavy atom. The minimum atomic E-state index is -0.218. The average Bonchev–Trinajstić information content (AvgIpc) is 2.31. The first-order chi connectivity index (χ1) is 6.33. The van der Waals surface area contributed by atoms with E-state index in [1.54, 1.807) is 7.11 Å². The maximum Gasteiger partial charge on any atom is 0.0791 e. The van der Waals surface area contributed by atoms with E-state index >= 15 is 0 Å². The smallest absolute Gasteiger partial charge is 0.0791 e. The molecule has 1 rings (SSSR count). The van der Waals surface area contributed by atoms with Crippen molar-refractivity contribution in [2.75, 3.05) is 46.4 Å². The molecule has 13 heavy (non-hydrogen) atoms. The predicted octanol–water partition coefficient (Wildman–Crippen LogP) is -0.711. The Morgan fingerprint density at radius 1 is 1.62 bits per heavy atom. The lowest BCUT2D eigenvalue weighted by Crippen LogP contribution is -2.33. The van der Waals surface area contributed by atoms with Crippen molar-refractivity contribution in [1.82, 2.24) is 10.2 Å². The van der Waals surface area contributed by atoms with Crippen LogP contribution in [0.15, 0.2) is 0 Å². The molecule has 0 saturated carbocycles. The molecule has 1 fully saturated rings. The third kappa shape index (κ3) is 4.57. The molecule has 0 aromatic carbocycles. The molecule has 0 radical (unpaired) electrons. The van der Waals surface area contributed by atoms with E-state index in [4.69, 9.17) is 4.74 Å². The number of aliphatic hydroxyl groups excluding tert-OH is 1. The van der Waals surface area contributed by atoms with Gasteiger partial charge in [-0.2, -0.15) is 0 Å². The summed E-state index contributed by atoms with van der Waals surface area (Å²) in [6.45, 7) is 5.34. The van der Waals surface area contributed by atoms with Crippen LogP contribution in [-0.2, 0) is 4.74 Å². The zero-order valence-electron chi connectivity index (χ0n) is 8.33. The van der Waals surface area contributed by atoms with E-state index in [0.717, 1.165) is 45.8 Å². The van der Waals surface area contributed by atoms with E-state index in [1.165, 1.54) is 0 Å². The number of hydrogen-bond donors (Lipinski definition) is 2. The SMILES string of the molecule is COCCCN1CCNCC(O)C1. The van der Waals surface area contributed by atoms with E-state index in [9.17, 15) is 5.11 Å². The summed E-state index contributed by atoms with van der Waals surface area (Å²) < 4.78 is 4.99. The van der Waals surface area contributed by atoms with Gasteiger partial charge in [-0.25, -0.2) is 0 Å². The standard InChI is InChI=1S/C9H20N2O2/c1-13-6-2-4-11-5-3-10-7-9(12)8-11/h9-10,12H,2-8H2,1H3. The average molecular weight is 188 g/mol. The van der Waals surface area contributed by atoms with Crippen molar-refractivity contribution in [3.8, 4) is 0 Å². The van der Waals surface area contributed by atoms with Crippen molar-refractivity contribution < 1.29 is 9.84 Å². The second-order valence-electron chi connectivity index (χ2n) is 3.50. The lowest BCUT2D eigenvalue weighted by Gasteiger charge is -2.20. The Morgan fingerprint density at radius 3 is 3.23 bits per heavy atom. The number of methoxy groups -OCH3 is 1. The molecule has 0 amide bonds. The number of nitrogens with one attached hydrogen (secondary N) is 1. The third-order valence-corrected chi connectivity index (χ3v) is 2.28. The maximum atomic E-state index is 9.48. The van der Waals surface area contributed by atoms with Crippen LogP contribution < -0.4 is 5.32 Å². The number of rotatable bonds is 4. The van der Waals surface area contributed by atoms with Gasteiger partial charge in [-0.15, -0.1) is 0 Å². The summed E-state index contributed by atoms with van der Waals surface area (Å²) >= 11 is 0. The van der Waals surface area contributed by atoms with Gasteiger partial charge in [-0.1, -0.05) is 0 Å². The van der Waals surface area contributed by atoms with Gasteiger partial charge in [0.05, 0.1) is 6.10 Å². The van der Waals surface area contributed by atoms with Crippen molar-refractivity contribution in [2.24, 2.45) is 0 Å². The van der Waals surface area contributed by atoms with E-state index < -0.39 is 0 Å². The Balaban J connectivity index is 2.15. The Bertz CT molecular complexity index is 133. The zero-order chi connectivity index (χ0) is 9.52. The minimum Gasteiger partial charge on any atom is -0.390 e. The molecule has 1 heterocycles. The number of hydrogen-bond acceptors (Lipinski definition) is 4. The van der Waals surface area contributed by atoms with Crippen molar-refractivity contribution in [3.05, 3.63) is 0 Å². The van der Waals surface area contributed by atoms with E-state index in [1.807, 2.05) is 0 Å². The molecule has 0 bridgehead atoms. The van der Waals surface area contributed by atoms with Crippen LogP contribution in [0.2, 0.25) is 0 Å². The fourth-order valence-corrected chi connectivity index (χ4v) is 1.60. The lowest BCUT2D eigenvalue weighted by atomic mass is 10.3. The van der Waals surface area contributed by atoms with Crippen LogP contribution in [0, 0.1) is 0 Å². The summed E-state index contributed by atoms with van der Waals surface area (Å²) in [5.74, 6) is 0. The first kappa shape index (κ1) is 10.9. The molecule has 1 aliphatic rings. The van der Waals surface area contributed by atoms with E-state index in [0.29, 0.717) is 0 Å². The number of β-amino-alcohol motifs (C(OH)–C–C–N with tert-alkyl or cyclic N) is 1. The van der Waals surface area contributed by atoms with Gasteiger partial charge in [0.25, 0.3) is 0 Å². The molecule has 0 aliphatic carbocycles. The van der Waals surface area contributed by atoms with Gasteiger partial charge in [-0.3, -0.25) is 4.90 Å². The highest BCUT2D eigenvalue weighted by Gasteiger charge is 2.14. The Kier molecular flexibility index (Phi) is 5.31. The maximum absolute atomic E-state index is 9.48. The predicted molar refractivity (Wildman–Crippen MR) is 51.8 cm³/mol. The number of ether oxygens (including phenoxy) is 1. The van der Waals surface area contributed by atoms with Crippen LogP contribution in [0.5, 0.6) is 0 Å². The van der Waals surface area contributed by atoms with Crippen LogP contribution in [0.3, 0.4) is 0 Å². The first-order valence-corrected chi connectivity index (χ1v) is 4.93. The highest BCUT2D eigenvalue weighted by Crippen LogP contribution is 1.97. The van der Waals surface area contributed by atoms with Crippen molar-refractivity contribution >= 4 is 0 Å². The van der Waals surface area contributed by atoms with Gasteiger partial charge in [0.1, 0.15) is 0 Å². The van der Waals surface area contributed by atoms with Crippen LogP contribution in [0.1, 0.15) is 6.42 Å². The molecular formula is C9H20N2O2. The van der Waals surface area contributed by atoms with Gasteiger partial charge in [0.15, 0.2) is 0 Å². The Hall–Kier alpha value is -0.160. The second-order valence-corrected chi connectivity index (χ2v) is 3.50. The summed E-state index contributed by atoms with van der Waals surface area (Å²) in [6, 6.07) is 0. The van der Waals surface area contributed by atoms with E-state index in [2.05, 4.69) is 10.2 Å². The van der Waals surface area contributed by atoms with Gasteiger partial charge < -0.3 is 15.2 Å². The fourth-order valence-electron chi connectivity index (χ4n) is 1.60. The van der Waals surface area contributed by atoms with Crippen molar-refractivity contribution in [3.63, 3.8) is 0 Å². The molecule has 2 N–H and O–H groups in total. The monoisotopic (exact) mass is 188 g/mol. The second kappa shape index (κ2) is 6.32. The first-order valence-electron chi connectivity index (χ1n) is 4.93. The molecule has 0 spiro atoms. The van der Waals surface area contributed by atoms with Crippen molar-refractivity contribution in [1.29, 1.82) is 0 Å². The van der Waals surface area contributed by atoms with Crippen LogP contribution in [0.4, 0.5) is 0 Å². The largest absolute Gasteiger partial charge is 0.390 e. The zero-order valence-corrected chi connectivity index (χ0v) is 8.33. The highest BCUT2D eigenvalue weighted by molar-refractivity contribution is 4.72. The number of aliphatic hydroxyl groups is 1. The topological polar surface area (TPSA) is 44.7 Å². The molecule has 1 atom stereocenters. The molecule has 4 nitrogen and oxygen atoms in total. The molecule has 78 valence electrons. The van der Waals surface area contributed by atoms with Crippen LogP contribution >= 0.6 is 0 Å². The summed E-state index contributed by atoms with van der Waals surface area (Å²) in [4.78, 5) is 2.28. The van der Waals surface area contributed by atoms with Gasteiger partial charge in [-0.05, 0) is 6.42 Å². The normalized spacial score (nSPS) is 25.8. The molecule has 0 aromatic rings. The summed E-state index contributed by atoms with van der Waals surface area (Å²) in [5.41, 5.74) is 0. The van der Waals surface area contributed by atoms with Crippen LogP contribution in [0.25, 0.3) is 0 Å². The summed E-state index contributed by atoms with van der Waals surface area (Å²) in [6.07, 6.45) is 0.827. The summed E-state index contributed by atoms with van der Waals surface area (Å²) in [5, 5.41) is 12.7. The third-order valence-electron chi connectivity index (χ3n) is 2.28. The Labute approximate surface area is 79.9 Å². The van der Waals surface area contributed by atoms with Crippen molar-refractivity contribution in [2.45, 2.75) is 12.5 Å². The minimum absolute atomic E-state index is 0.218. The molecule has 0 aromatic heterocycles. The molecule has 1 unspecified atom stereocenters. The molecule has 4 heteroatoms. The van der Waals surface area contributed by atoms with E-state index in [-0.39, 0.29) is 6.10 Å². The number of nitrogens with zero attached hydrogens (tertiary/aromatic N) is 1. The van der Waals surface area contributed by atoms with Gasteiger partial charge in [0.2, 0.25) is 0 Å². The quantitative estimate of drug-likeness (QED) is 0.572. The molecule has 1 saturated heterocycles. The molecule has 1 aliphatic heterocycles. The van der Waals surface area contributed by atoms with Crippen LogP contribution in [-0.4, -0.2) is 62.6 Å². The fraction of sp³-hybridized carbons (Fsp3) is 1.00.